The predicted octanol–water partition coefficient (Wildman–Crippen LogP) is 1.27. The normalized spacial score (nSPS) is 18.3. The Bertz CT molecular complexity index is 476. The number of hydrogen-bond donors (Lipinski definition) is 2. The van der Waals surface area contributed by atoms with Gasteiger partial charge in [-0.05, 0) is 31.6 Å². The monoisotopic (exact) mass is 291 g/mol. The van der Waals surface area contributed by atoms with Crippen LogP contribution in [0.3, 0.4) is 0 Å². The highest BCUT2D eigenvalue weighted by atomic mass is 16.3. The quantitative estimate of drug-likeness (QED) is 0.859. The second-order valence-electron chi connectivity index (χ2n) is 5.95. The van der Waals surface area contributed by atoms with Crippen molar-refractivity contribution in [3.63, 3.8) is 0 Å². The molecule has 1 fully saturated rings. The molecule has 5 nitrogen and oxygen atoms in total. The molecule has 1 aromatic rings. The van der Waals surface area contributed by atoms with Crippen molar-refractivity contribution in [3.8, 4) is 0 Å². The minimum absolute atomic E-state index is 0.0365. The molecule has 5 heteroatoms. The lowest BCUT2D eigenvalue weighted by Gasteiger charge is -2.19. The Morgan fingerprint density at radius 2 is 2.10 bits per heavy atom. The molecule has 2 N–H and O–H groups in total. The van der Waals surface area contributed by atoms with E-state index in [-0.39, 0.29) is 18.6 Å². The average molecular weight is 291 g/mol. The third-order valence-corrected chi connectivity index (χ3v) is 3.87. The molecule has 116 valence electrons. The van der Waals surface area contributed by atoms with Crippen molar-refractivity contribution >= 4 is 6.03 Å². The Morgan fingerprint density at radius 3 is 2.71 bits per heavy atom. The first-order valence-electron chi connectivity index (χ1n) is 7.45. The van der Waals surface area contributed by atoms with Gasteiger partial charge < -0.3 is 20.2 Å². The molecule has 0 aromatic heterocycles. The highest BCUT2D eigenvalue weighted by molar-refractivity contribution is 5.74. The van der Waals surface area contributed by atoms with Crippen LogP contribution in [0.4, 0.5) is 4.79 Å². The lowest BCUT2D eigenvalue weighted by molar-refractivity contribution is 0.198. The van der Waals surface area contributed by atoms with Crippen molar-refractivity contribution in [3.05, 3.63) is 35.4 Å². The molecular weight excluding hydrogens is 266 g/mol. The van der Waals surface area contributed by atoms with Gasteiger partial charge in [-0.3, -0.25) is 0 Å². The summed E-state index contributed by atoms with van der Waals surface area (Å²) >= 11 is 0. The van der Waals surface area contributed by atoms with Gasteiger partial charge in [0, 0.05) is 38.7 Å². The molecule has 1 unspecified atom stereocenters. The number of aliphatic hydroxyl groups is 1. The maximum Gasteiger partial charge on any atom is 0.317 e. The average Bonchev–Trinajstić information content (AvgIpc) is 2.94. The Hall–Kier alpha value is -1.59. The number of benzene rings is 1. The van der Waals surface area contributed by atoms with Crippen LogP contribution in [0.15, 0.2) is 24.3 Å². The first kappa shape index (κ1) is 15.8. The number of carbonyl (C=O) groups excluding carboxylic acids is 1. The fourth-order valence-corrected chi connectivity index (χ4v) is 2.67. The van der Waals surface area contributed by atoms with Crippen molar-refractivity contribution < 1.29 is 9.90 Å². The van der Waals surface area contributed by atoms with Gasteiger partial charge >= 0.3 is 6.03 Å². The van der Waals surface area contributed by atoms with Crippen LogP contribution in [-0.2, 0) is 13.1 Å². The van der Waals surface area contributed by atoms with Gasteiger partial charge in [0.05, 0.1) is 0 Å². The van der Waals surface area contributed by atoms with Crippen molar-refractivity contribution in [1.29, 1.82) is 0 Å². The summed E-state index contributed by atoms with van der Waals surface area (Å²) in [4.78, 5) is 16.0. The van der Waals surface area contributed by atoms with Gasteiger partial charge in [-0.2, -0.15) is 0 Å². The Balaban J connectivity index is 1.89. The second-order valence-corrected chi connectivity index (χ2v) is 5.95. The molecule has 0 bridgehead atoms. The number of rotatable bonds is 5. The zero-order valence-corrected chi connectivity index (χ0v) is 12.9. The van der Waals surface area contributed by atoms with Crippen LogP contribution in [0.5, 0.6) is 0 Å². The topological polar surface area (TPSA) is 55.8 Å². The van der Waals surface area contributed by atoms with Crippen molar-refractivity contribution in [2.24, 2.45) is 5.92 Å². The van der Waals surface area contributed by atoms with Gasteiger partial charge in [-0.25, -0.2) is 4.79 Å². The molecule has 1 aliphatic heterocycles. The Kier molecular flexibility index (Phi) is 5.59. The summed E-state index contributed by atoms with van der Waals surface area (Å²) in [6.07, 6.45) is 0.890. The van der Waals surface area contributed by atoms with E-state index in [2.05, 4.69) is 22.3 Å². The van der Waals surface area contributed by atoms with Crippen LogP contribution in [0.1, 0.15) is 17.5 Å². The molecule has 2 rings (SSSR count). The molecular formula is C16H25N3O2. The third-order valence-electron chi connectivity index (χ3n) is 3.87. The third kappa shape index (κ3) is 4.44. The molecule has 2 amide bonds. The summed E-state index contributed by atoms with van der Waals surface area (Å²) in [5.41, 5.74) is 2.38. The number of urea groups is 1. The molecule has 1 aliphatic rings. The Morgan fingerprint density at radius 1 is 1.38 bits per heavy atom. The SMILES string of the molecule is CN(C)Cc1ccccc1CNC(=O)N1CCC(CO)C1. The largest absolute Gasteiger partial charge is 0.396 e. The molecule has 1 aromatic carbocycles. The van der Waals surface area contributed by atoms with Gasteiger partial charge in [0.2, 0.25) is 0 Å². The summed E-state index contributed by atoms with van der Waals surface area (Å²) in [6.45, 7) is 2.96. The van der Waals surface area contributed by atoms with Crippen LogP contribution in [0.25, 0.3) is 0 Å². The smallest absolute Gasteiger partial charge is 0.317 e. The van der Waals surface area contributed by atoms with Gasteiger partial charge in [-0.1, -0.05) is 24.3 Å². The fraction of sp³-hybridized carbons (Fsp3) is 0.562. The molecule has 1 heterocycles. The zero-order chi connectivity index (χ0) is 15.2. The van der Waals surface area contributed by atoms with E-state index in [1.165, 1.54) is 5.56 Å². The van der Waals surface area contributed by atoms with Crippen LogP contribution >= 0.6 is 0 Å². The maximum atomic E-state index is 12.1. The van der Waals surface area contributed by atoms with Crippen LogP contribution in [0, 0.1) is 5.92 Å². The van der Waals surface area contributed by atoms with E-state index in [0.29, 0.717) is 13.1 Å². The number of carbonyl (C=O) groups is 1. The number of hydrogen-bond acceptors (Lipinski definition) is 3. The molecule has 1 atom stereocenters. The number of nitrogens with zero attached hydrogens (tertiary/aromatic N) is 2. The first-order valence-corrected chi connectivity index (χ1v) is 7.45. The van der Waals surface area contributed by atoms with Crippen molar-refractivity contribution in [1.82, 2.24) is 15.1 Å². The summed E-state index contributed by atoms with van der Waals surface area (Å²) in [7, 11) is 4.07. The zero-order valence-electron chi connectivity index (χ0n) is 12.9. The minimum Gasteiger partial charge on any atom is -0.396 e. The lowest BCUT2D eigenvalue weighted by Crippen LogP contribution is -2.38. The van der Waals surface area contributed by atoms with Crippen molar-refractivity contribution in [2.45, 2.75) is 19.5 Å². The molecule has 0 aliphatic carbocycles. The maximum absolute atomic E-state index is 12.1. The van der Waals surface area contributed by atoms with Gasteiger partial charge in [0.25, 0.3) is 0 Å². The van der Waals surface area contributed by atoms with E-state index in [0.717, 1.165) is 25.1 Å². The summed E-state index contributed by atoms with van der Waals surface area (Å²) in [5, 5.41) is 12.1. The summed E-state index contributed by atoms with van der Waals surface area (Å²) in [5.74, 6) is 0.233. The number of nitrogens with one attached hydrogen (secondary N) is 1. The van der Waals surface area contributed by atoms with Crippen molar-refractivity contribution in [2.75, 3.05) is 33.8 Å². The van der Waals surface area contributed by atoms with E-state index < -0.39 is 0 Å². The van der Waals surface area contributed by atoms with Crippen LogP contribution in [0.2, 0.25) is 0 Å². The molecule has 0 spiro atoms. The summed E-state index contributed by atoms with van der Waals surface area (Å²) < 4.78 is 0. The van der Waals surface area contributed by atoms with Gasteiger partial charge in [-0.15, -0.1) is 0 Å². The molecule has 0 radical (unpaired) electrons. The van der Waals surface area contributed by atoms with E-state index in [4.69, 9.17) is 5.11 Å². The molecule has 0 saturated carbocycles. The summed E-state index contributed by atoms with van der Waals surface area (Å²) in [6, 6.07) is 8.14. The van der Waals surface area contributed by atoms with E-state index in [9.17, 15) is 4.79 Å². The van der Waals surface area contributed by atoms with E-state index in [1.807, 2.05) is 26.2 Å². The number of likely N-dealkylation sites (tertiary alicyclic amines) is 1. The lowest BCUT2D eigenvalue weighted by atomic mass is 10.1. The predicted molar refractivity (Wildman–Crippen MR) is 82.8 cm³/mol. The minimum atomic E-state index is -0.0365. The van der Waals surface area contributed by atoms with Crippen LogP contribution < -0.4 is 5.32 Å². The highest BCUT2D eigenvalue weighted by Gasteiger charge is 2.25. The molecule has 1 saturated heterocycles. The number of amides is 2. The van der Waals surface area contributed by atoms with Gasteiger partial charge in [0.1, 0.15) is 0 Å². The van der Waals surface area contributed by atoms with Gasteiger partial charge in [0.15, 0.2) is 0 Å². The van der Waals surface area contributed by atoms with Crippen LogP contribution in [-0.4, -0.2) is 54.7 Å². The Labute approximate surface area is 126 Å². The highest BCUT2D eigenvalue weighted by Crippen LogP contribution is 2.16. The standard InChI is InChI=1S/C16H25N3O2/c1-18(2)11-15-6-4-3-5-14(15)9-17-16(21)19-8-7-13(10-19)12-20/h3-6,13,20H,7-12H2,1-2H3,(H,17,21). The first-order chi connectivity index (χ1) is 10.1. The second kappa shape index (κ2) is 7.43. The fourth-order valence-electron chi connectivity index (χ4n) is 2.67. The number of aliphatic hydroxyl groups excluding tert-OH is 1. The van der Waals surface area contributed by atoms with E-state index >= 15 is 0 Å². The van der Waals surface area contributed by atoms with E-state index in [1.54, 1.807) is 4.90 Å². The molecule has 21 heavy (non-hydrogen) atoms.